The molecule has 162 valence electrons. The third kappa shape index (κ3) is 7.25. The van der Waals surface area contributed by atoms with E-state index in [1.54, 1.807) is 4.90 Å². The number of hydrogen-bond acceptors (Lipinski definition) is 4. The molecule has 0 saturated carbocycles. The van der Waals surface area contributed by atoms with E-state index >= 15 is 0 Å². The van der Waals surface area contributed by atoms with Crippen molar-refractivity contribution in [3.05, 3.63) is 35.4 Å². The van der Waals surface area contributed by atoms with Crippen LogP contribution in [-0.2, 0) is 14.4 Å². The Kier molecular flexibility index (Phi) is 9.97. The highest BCUT2D eigenvalue weighted by Gasteiger charge is 2.30. The van der Waals surface area contributed by atoms with Crippen molar-refractivity contribution in [3.8, 4) is 0 Å². The first-order chi connectivity index (χ1) is 13.3. The van der Waals surface area contributed by atoms with Crippen molar-refractivity contribution in [1.29, 1.82) is 0 Å². The molecule has 29 heavy (non-hydrogen) atoms. The molecule has 0 aromatic heterocycles. The van der Waals surface area contributed by atoms with Crippen molar-refractivity contribution >= 4 is 30.1 Å². The molecule has 1 heterocycles. The monoisotopic (exact) mass is 432 g/mol. The van der Waals surface area contributed by atoms with Crippen LogP contribution in [-0.4, -0.2) is 48.8 Å². The van der Waals surface area contributed by atoms with Gasteiger partial charge in [0.15, 0.2) is 0 Å². The van der Waals surface area contributed by atoms with Gasteiger partial charge in [0.2, 0.25) is 17.7 Å². The lowest BCUT2D eigenvalue weighted by molar-refractivity contribution is -0.136. The third-order valence-corrected chi connectivity index (χ3v) is 4.68. The second kappa shape index (κ2) is 11.7. The highest BCUT2D eigenvalue weighted by molar-refractivity contribution is 5.85. The van der Waals surface area contributed by atoms with E-state index < -0.39 is 23.6 Å². The van der Waals surface area contributed by atoms with Crippen LogP contribution in [0.4, 0.5) is 8.78 Å². The maximum absolute atomic E-state index is 14.2. The molecule has 10 heteroatoms. The molecule has 1 saturated heterocycles. The van der Waals surface area contributed by atoms with Gasteiger partial charge in [-0.2, -0.15) is 0 Å². The van der Waals surface area contributed by atoms with Gasteiger partial charge < -0.3 is 21.3 Å². The fraction of sp³-hybridized carbons (Fsp3) is 0.526. The second-order valence-corrected chi connectivity index (χ2v) is 6.88. The predicted molar refractivity (Wildman–Crippen MR) is 106 cm³/mol. The first-order valence-electron chi connectivity index (χ1n) is 9.29. The van der Waals surface area contributed by atoms with E-state index in [1.165, 1.54) is 13.0 Å². The van der Waals surface area contributed by atoms with Crippen molar-refractivity contribution in [1.82, 2.24) is 15.5 Å². The molecule has 2 atom stereocenters. The molecule has 1 aromatic carbocycles. The normalized spacial score (nSPS) is 17.1. The standard InChI is InChI=1S/C19H26F2N4O3.ClH/c1-12(26)24-17(15-5-4-14(20)9-16(15)21)10-18(27)25-8-2-3-13(11-25)19(28)23-7-6-22;/h4-5,9,13,17H,2-3,6-8,10-11,22H2,1H3,(H,23,28)(H,24,26);1H. The molecule has 1 aromatic rings. The third-order valence-electron chi connectivity index (χ3n) is 4.68. The number of hydrogen-bond donors (Lipinski definition) is 3. The quantitative estimate of drug-likeness (QED) is 0.603. The molecule has 4 N–H and O–H groups in total. The Morgan fingerprint density at radius 1 is 1.31 bits per heavy atom. The summed E-state index contributed by atoms with van der Waals surface area (Å²) in [6.07, 6.45) is 1.16. The number of carbonyl (C=O) groups is 3. The summed E-state index contributed by atoms with van der Waals surface area (Å²) >= 11 is 0. The van der Waals surface area contributed by atoms with Gasteiger partial charge in [-0.25, -0.2) is 8.78 Å². The van der Waals surface area contributed by atoms with Crippen LogP contribution in [0.3, 0.4) is 0 Å². The van der Waals surface area contributed by atoms with E-state index in [4.69, 9.17) is 5.73 Å². The van der Waals surface area contributed by atoms with E-state index in [9.17, 15) is 23.2 Å². The van der Waals surface area contributed by atoms with Crippen LogP contribution in [0.1, 0.15) is 37.8 Å². The molecule has 2 rings (SSSR count). The molecule has 2 unspecified atom stereocenters. The topological polar surface area (TPSA) is 105 Å². The van der Waals surface area contributed by atoms with Crippen LogP contribution < -0.4 is 16.4 Å². The molecule has 0 aliphatic carbocycles. The Labute approximate surface area is 174 Å². The van der Waals surface area contributed by atoms with E-state index in [2.05, 4.69) is 10.6 Å². The number of rotatable bonds is 7. The summed E-state index contributed by atoms with van der Waals surface area (Å²) in [6, 6.07) is 2.10. The number of nitrogens with one attached hydrogen (secondary N) is 2. The summed E-state index contributed by atoms with van der Waals surface area (Å²) in [4.78, 5) is 38.0. The van der Waals surface area contributed by atoms with Crippen LogP contribution in [0.15, 0.2) is 18.2 Å². The van der Waals surface area contributed by atoms with Gasteiger partial charge in [0.25, 0.3) is 0 Å². The van der Waals surface area contributed by atoms with Crippen molar-refractivity contribution < 1.29 is 23.2 Å². The molecule has 1 fully saturated rings. The maximum atomic E-state index is 14.2. The Bertz CT molecular complexity index is 735. The van der Waals surface area contributed by atoms with E-state index in [0.29, 0.717) is 38.5 Å². The lowest BCUT2D eigenvalue weighted by Crippen LogP contribution is -2.47. The average molecular weight is 433 g/mol. The number of piperidine rings is 1. The predicted octanol–water partition coefficient (Wildman–Crippen LogP) is 1.27. The number of carbonyl (C=O) groups excluding carboxylic acids is 3. The zero-order chi connectivity index (χ0) is 20.7. The first kappa shape index (κ1) is 24.8. The van der Waals surface area contributed by atoms with Crippen molar-refractivity contribution in [2.24, 2.45) is 11.7 Å². The lowest BCUT2D eigenvalue weighted by Gasteiger charge is -2.33. The summed E-state index contributed by atoms with van der Waals surface area (Å²) in [7, 11) is 0. The summed E-state index contributed by atoms with van der Waals surface area (Å²) in [5.74, 6) is -2.78. The van der Waals surface area contributed by atoms with E-state index in [-0.39, 0.29) is 48.7 Å². The minimum absolute atomic E-state index is 0. The minimum atomic E-state index is -0.919. The number of nitrogens with two attached hydrogens (primary N) is 1. The smallest absolute Gasteiger partial charge is 0.225 e. The van der Waals surface area contributed by atoms with Crippen LogP contribution in [0, 0.1) is 17.6 Å². The summed E-state index contributed by atoms with van der Waals surface area (Å²) in [5, 5.41) is 5.27. The molecule has 0 bridgehead atoms. The molecule has 1 aliphatic heterocycles. The fourth-order valence-electron chi connectivity index (χ4n) is 3.33. The Morgan fingerprint density at radius 2 is 2.03 bits per heavy atom. The highest BCUT2D eigenvalue weighted by atomic mass is 35.5. The van der Waals surface area contributed by atoms with Crippen LogP contribution in [0.5, 0.6) is 0 Å². The Morgan fingerprint density at radius 3 is 2.66 bits per heavy atom. The summed E-state index contributed by atoms with van der Waals surface area (Å²) in [5.41, 5.74) is 5.43. The van der Waals surface area contributed by atoms with Gasteiger partial charge in [-0.15, -0.1) is 12.4 Å². The van der Waals surface area contributed by atoms with Crippen LogP contribution >= 0.6 is 12.4 Å². The molecule has 0 spiro atoms. The molecular formula is C19H27ClF2N4O3. The zero-order valence-corrected chi connectivity index (χ0v) is 17.1. The molecular weight excluding hydrogens is 406 g/mol. The van der Waals surface area contributed by atoms with Gasteiger partial charge in [0.1, 0.15) is 11.6 Å². The van der Waals surface area contributed by atoms with Gasteiger partial charge >= 0.3 is 0 Å². The molecule has 3 amide bonds. The number of likely N-dealkylation sites (tertiary alicyclic amines) is 1. The van der Waals surface area contributed by atoms with Gasteiger partial charge in [0.05, 0.1) is 18.4 Å². The van der Waals surface area contributed by atoms with Gasteiger partial charge in [-0.3, -0.25) is 14.4 Å². The largest absolute Gasteiger partial charge is 0.355 e. The van der Waals surface area contributed by atoms with Crippen LogP contribution in [0.2, 0.25) is 0 Å². The van der Waals surface area contributed by atoms with Crippen LogP contribution in [0.25, 0.3) is 0 Å². The van der Waals surface area contributed by atoms with E-state index in [1.807, 2.05) is 0 Å². The molecule has 1 aliphatic rings. The number of nitrogens with zero attached hydrogens (tertiary/aromatic N) is 1. The SMILES string of the molecule is CC(=O)NC(CC(=O)N1CCCC(C(=O)NCCN)C1)c1ccc(F)cc1F.Cl. The highest BCUT2D eigenvalue weighted by Crippen LogP contribution is 2.24. The van der Waals surface area contributed by atoms with Gasteiger partial charge in [-0.05, 0) is 18.9 Å². The summed E-state index contributed by atoms with van der Waals surface area (Å²) in [6.45, 7) is 2.71. The van der Waals surface area contributed by atoms with Gasteiger partial charge in [-0.1, -0.05) is 6.07 Å². The maximum Gasteiger partial charge on any atom is 0.225 e. The number of benzene rings is 1. The average Bonchev–Trinajstić information content (AvgIpc) is 2.65. The lowest BCUT2D eigenvalue weighted by atomic mass is 9.95. The Hall–Kier alpha value is -2.26. The fourth-order valence-corrected chi connectivity index (χ4v) is 3.33. The van der Waals surface area contributed by atoms with E-state index in [0.717, 1.165) is 6.07 Å². The second-order valence-electron chi connectivity index (χ2n) is 6.88. The molecule has 7 nitrogen and oxygen atoms in total. The Balaban J connectivity index is 0.00000420. The minimum Gasteiger partial charge on any atom is -0.355 e. The van der Waals surface area contributed by atoms with Crippen molar-refractivity contribution in [3.63, 3.8) is 0 Å². The number of amides is 3. The van der Waals surface area contributed by atoms with Crippen molar-refractivity contribution in [2.75, 3.05) is 26.2 Å². The van der Waals surface area contributed by atoms with Gasteiger partial charge in [0, 0.05) is 44.7 Å². The summed E-state index contributed by atoms with van der Waals surface area (Å²) < 4.78 is 27.3. The number of halogens is 3. The molecule has 0 radical (unpaired) electrons. The first-order valence-corrected chi connectivity index (χ1v) is 9.29. The van der Waals surface area contributed by atoms with Crippen molar-refractivity contribution in [2.45, 2.75) is 32.2 Å². The zero-order valence-electron chi connectivity index (χ0n) is 16.2.